The second-order valence-corrected chi connectivity index (χ2v) is 8.91. The number of aryl methyl sites for hydroxylation is 1. The first kappa shape index (κ1) is 10.5. The molecule has 0 radical (unpaired) electrons. The van der Waals surface area contributed by atoms with Crippen molar-refractivity contribution in [2.75, 3.05) is 7.05 Å². The standard InChI is InChI=1S/C13H18NSi/c1-10-9-11-7-5-6-8-12(11)13(10)15(3,4)14-2/h5-9,14H,1-4H3/q-1. The molecule has 0 aromatic heterocycles. The van der Waals surface area contributed by atoms with Crippen molar-refractivity contribution in [2.24, 2.45) is 0 Å². The van der Waals surface area contributed by atoms with Gasteiger partial charge in [-0.1, -0.05) is 32.2 Å². The van der Waals surface area contributed by atoms with Gasteiger partial charge in [-0.15, -0.1) is 12.1 Å². The van der Waals surface area contributed by atoms with Crippen molar-refractivity contribution < 1.29 is 0 Å². The van der Waals surface area contributed by atoms with E-state index in [2.05, 4.69) is 62.4 Å². The van der Waals surface area contributed by atoms with Crippen molar-refractivity contribution in [2.45, 2.75) is 20.0 Å². The van der Waals surface area contributed by atoms with Crippen LogP contribution in [-0.4, -0.2) is 15.3 Å². The summed E-state index contributed by atoms with van der Waals surface area (Å²) < 4.78 is 0. The average Bonchev–Trinajstić information content (AvgIpc) is 2.54. The summed E-state index contributed by atoms with van der Waals surface area (Å²) in [6.45, 7) is 6.95. The second-order valence-electron chi connectivity index (χ2n) is 4.66. The average molecular weight is 216 g/mol. The maximum absolute atomic E-state index is 3.52. The minimum atomic E-state index is -1.46. The van der Waals surface area contributed by atoms with E-state index in [0.717, 1.165) is 0 Å². The Hall–Kier alpha value is -0.993. The SMILES string of the molecule is CN[Si](C)(C)c1c2ccccc2c[c-]1C. The molecule has 2 rings (SSSR count). The lowest BCUT2D eigenvalue weighted by molar-refractivity contribution is 1.18. The molecule has 0 saturated carbocycles. The minimum absolute atomic E-state index is 1.38. The van der Waals surface area contributed by atoms with Crippen LogP contribution in [0, 0.1) is 6.92 Å². The predicted molar refractivity (Wildman–Crippen MR) is 70.5 cm³/mol. The Morgan fingerprint density at radius 3 is 2.53 bits per heavy atom. The van der Waals surface area contributed by atoms with E-state index in [1.54, 1.807) is 5.19 Å². The van der Waals surface area contributed by atoms with Crippen LogP contribution in [0.25, 0.3) is 10.8 Å². The molecule has 1 nitrogen and oxygen atoms in total. The monoisotopic (exact) mass is 216 g/mol. The Kier molecular flexibility index (Phi) is 2.49. The quantitative estimate of drug-likeness (QED) is 0.601. The van der Waals surface area contributed by atoms with Gasteiger partial charge in [0.15, 0.2) is 0 Å². The van der Waals surface area contributed by atoms with Gasteiger partial charge in [-0.2, -0.15) is 27.6 Å². The molecule has 0 amide bonds. The van der Waals surface area contributed by atoms with E-state index in [4.69, 9.17) is 0 Å². The van der Waals surface area contributed by atoms with Crippen LogP contribution >= 0.6 is 0 Å². The zero-order valence-electron chi connectivity index (χ0n) is 9.89. The Morgan fingerprint density at radius 2 is 1.87 bits per heavy atom. The lowest BCUT2D eigenvalue weighted by Gasteiger charge is -2.28. The van der Waals surface area contributed by atoms with Crippen molar-refractivity contribution in [3.63, 3.8) is 0 Å². The third-order valence-corrected chi connectivity index (χ3v) is 6.41. The van der Waals surface area contributed by atoms with E-state index >= 15 is 0 Å². The predicted octanol–water partition coefficient (Wildman–Crippen LogP) is 2.50. The number of hydrogen-bond acceptors (Lipinski definition) is 1. The van der Waals surface area contributed by atoms with Crippen LogP contribution in [0.1, 0.15) is 5.56 Å². The molecule has 0 unspecified atom stereocenters. The molecule has 1 N–H and O–H groups in total. The van der Waals surface area contributed by atoms with Crippen LogP contribution < -0.4 is 10.2 Å². The summed E-state index contributed by atoms with van der Waals surface area (Å²) in [5, 5.41) is 4.36. The van der Waals surface area contributed by atoms with Crippen LogP contribution in [0.4, 0.5) is 0 Å². The number of hydrogen-bond donors (Lipinski definition) is 1. The summed E-state index contributed by atoms with van der Waals surface area (Å²) >= 11 is 0. The van der Waals surface area contributed by atoms with E-state index in [0.29, 0.717) is 0 Å². The fourth-order valence-electron chi connectivity index (χ4n) is 2.32. The van der Waals surface area contributed by atoms with Crippen molar-refractivity contribution in [1.29, 1.82) is 0 Å². The summed E-state index contributed by atoms with van der Waals surface area (Å²) in [7, 11) is 0.617. The van der Waals surface area contributed by atoms with Crippen molar-refractivity contribution in [3.8, 4) is 0 Å². The highest BCUT2D eigenvalue weighted by atomic mass is 28.3. The number of benzene rings is 1. The summed E-state index contributed by atoms with van der Waals surface area (Å²) in [5.41, 5.74) is 1.43. The van der Waals surface area contributed by atoms with Gasteiger partial charge in [0.2, 0.25) is 0 Å². The minimum Gasteiger partial charge on any atom is -0.338 e. The fraction of sp³-hybridized carbons (Fsp3) is 0.308. The van der Waals surface area contributed by atoms with Gasteiger partial charge in [0, 0.05) is 0 Å². The Balaban J connectivity index is 2.74. The molecule has 0 aliphatic rings. The van der Waals surface area contributed by atoms with E-state index in [9.17, 15) is 0 Å². The Morgan fingerprint density at radius 1 is 1.20 bits per heavy atom. The van der Waals surface area contributed by atoms with Crippen molar-refractivity contribution in [1.82, 2.24) is 4.98 Å². The Bertz CT molecular complexity index is 482. The first-order valence-electron chi connectivity index (χ1n) is 5.40. The van der Waals surface area contributed by atoms with Crippen LogP contribution in [0.15, 0.2) is 30.3 Å². The van der Waals surface area contributed by atoms with E-state index in [1.165, 1.54) is 16.3 Å². The van der Waals surface area contributed by atoms with Gasteiger partial charge in [0.25, 0.3) is 0 Å². The largest absolute Gasteiger partial charge is 0.338 e. The molecule has 0 spiro atoms. The van der Waals surface area contributed by atoms with Crippen molar-refractivity contribution in [3.05, 3.63) is 35.9 Å². The van der Waals surface area contributed by atoms with E-state index < -0.39 is 8.24 Å². The zero-order valence-corrected chi connectivity index (χ0v) is 10.9. The van der Waals surface area contributed by atoms with Gasteiger partial charge in [-0.05, 0) is 7.05 Å². The highest BCUT2D eigenvalue weighted by Crippen LogP contribution is 2.19. The highest BCUT2D eigenvalue weighted by Gasteiger charge is 2.20. The molecule has 0 fully saturated rings. The number of fused-ring (bicyclic) bond motifs is 1. The highest BCUT2D eigenvalue weighted by molar-refractivity contribution is 6.89. The van der Waals surface area contributed by atoms with Crippen LogP contribution in [0.3, 0.4) is 0 Å². The maximum Gasteiger partial charge on any atom is 0.126 e. The molecule has 0 atom stereocenters. The molecule has 0 saturated heterocycles. The van der Waals surface area contributed by atoms with Gasteiger partial charge < -0.3 is 4.98 Å². The molecule has 2 heteroatoms. The van der Waals surface area contributed by atoms with Crippen LogP contribution in [0.2, 0.25) is 13.1 Å². The first-order chi connectivity index (χ1) is 7.06. The zero-order chi connectivity index (χ0) is 11.1. The smallest absolute Gasteiger partial charge is 0.126 e. The normalized spacial score (nSPS) is 12.3. The first-order valence-corrected chi connectivity index (χ1v) is 8.40. The molecule has 15 heavy (non-hydrogen) atoms. The number of rotatable bonds is 2. The fourth-order valence-corrected chi connectivity index (χ4v) is 4.53. The molecule has 0 aliphatic carbocycles. The third-order valence-electron chi connectivity index (χ3n) is 3.25. The maximum atomic E-state index is 3.52. The summed E-state index contributed by atoms with van der Waals surface area (Å²) in [5.74, 6) is 0. The van der Waals surface area contributed by atoms with Crippen LogP contribution in [-0.2, 0) is 0 Å². The van der Waals surface area contributed by atoms with Gasteiger partial charge in [0.05, 0.1) is 0 Å². The van der Waals surface area contributed by atoms with Gasteiger partial charge in [0.1, 0.15) is 8.24 Å². The molecule has 2 aromatic carbocycles. The Labute approximate surface area is 92.6 Å². The number of nitrogens with one attached hydrogen (secondary N) is 1. The van der Waals surface area contributed by atoms with Crippen LogP contribution in [0.5, 0.6) is 0 Å². The molecule has 2 aromatic rings. The van der Waals surface area contributed by atoms with Gasteiger partial charge >= 0.3 is 0 Å². The molecule has 0 heterocycles. The molecular formula is C13H18NSi-. The lowest BCUT2D eigenvalue weighted by Crippen LogP contribution is -2.54. The molecule has 0 bridgehead atoms. The summed E-state index contributed by atoms with van der Waals surface area (Å²) in [4.78, 5) is 3.52. The lowest BCUT2D eigenvalue weighted by atomic mass is 10.2. The topological polar surface area (TPSA) is 12.0 Å². The van der Waals surface area contributed by atoms with E-state index in [1.807, 2.05) is 0 Å². The third kappa shape index (κ3) is 1.64. The second kappa shape index (κ2) is 3.54. The van der Waals surface area contributed by atoms with Gasteiger partial charge in [-0.25, -0.2) is 0 Å². The summed E-state index contributed by atoms with van der Waals surface area (Å²) in [6, 6.07) is 11.0. The molecule has 80 valence electrons. The molecule has 0 aliphatic heterocycles. The van der Waals surface area contributed by atoms with Crippen molar-refractivity contribution >= 4 is 24.2 Å². The molecular weight excluding hydrogens is 198 g/mol. The summed E-state index contributed by atoms with van der Waals surface area (Å²) in [6.07, 6.45) is 0. The van der Waals surface area contributed by atoms with E-state index in [-0.39, 0.29) is 0 Å². The van der Waals surface area contributed by atoms with Gasteiger partial charge in [-0.3, -0.25) is 0 Å².